The molecule has 0 fully saturated rings. The molecule has 0 unspecified atom stereocenters. The van der Waals surface area contributed by atoms with Gasteiger partial charge in [-0.2, -0.15) is 0 Å². The molecule has 2 aromatic carbocycles. The fourth-order valence-corrected chi connectivity index (χ4v) is 4.54. The number of allylic oxidation sites excluding steroid dienone is 1. The summed E-state index contributed by atoms with van der Waals surface area (Å²) >= 11 is 0. The van der Waals surface area contributed by atoms with E-state index < -0.39 is 46.7 Å². The van der Waals surface area contributed by atoms with Crippen molar-refractivity contribution in [3.63, 3.8) is 0 Å². The fourth-order valence-electron chi connectivity index (χ4n) is 4.54. The van der Waals surface area contributed by atoms with Crippen LogP contribution in [0.25, 0.3) is 11.0 Å². The number of ketones is 1. The van der Waals surface area contributed by atoms with Crippen LogP contribution in [-0.2, 0) is 38.7 Å². The summed E-state index contributed by atoms with van der Waals surface area (Å²) in [5.41, 5.74) is 5.31. The number of rotatable bonds is 15. The van der Waals surface area contributed by atoms with Crippen molar-refractivity contribution in [1.29, 1.82) is 0 Å². The molecule has 0 spiro atoms. The van der Waals surface area contributed by atoms with E-state index in [1.165, 1.54) is 42.1 Å². The molecular formula is C31H30F3N5O6. The van der Waals surface area contributed by atoms with Gasteiger partial charge in [0.15, 0.2) is 11.5 Å². The molecule has 236 valence electrons. The molecule has 0 aliphatic heterocycles. The molecule has 2 heterocycles. The van der Waals surface area contributed by atoms with Gasteiger partial charge in [-0.3, -0.25) is 19.2 Å². The Hall–Kier alpha value is -5.24. The number of Topliss-reactive ketones (excluding diaryl/α,β-unsaturated/α-hetero) is 1. The first-order valence-corrected chi connectivity index (χ1v) is 13.7. The second-order valence-electron chi connectivity index (χ2n) is 10.1. The second-order valence-corrected chi connectivity index (χ2v) is 10.1. The topological polar surface area (TPSA) is 158 Å². The number of carbonyl (C=O) groups is 3. The van der Waals surface area contributed by atoms with Gasteiger partial charge in [0.1, 0.15) is 42.0 Å². The molecule has 45 heavy (non-hydrogen) atoms. The zero-order chi connectivity index (χ0) is 32.5. The highest BCUT2D eigenvalue weighted by molar-refractivity contribution is 5.90. The van der Waals surface area contributed by atoms with Gasteiger partial charge in [0.2, 0.25) is 11.8 Å². The molecule has 0 aliphatic carbocycles. The summed E-state index contributed by atoms with van der Waals surface area (Å²) in [6, 6.07) is 7.40. The maximum atomic E-state index is 14.4. The number of methoxy groups -OCH3 is 1. The number of H-pyrrole nitrogens is 1. The number of amides is 2. The van der Waals surface area contributed by atoms with E-state index in [1.54, 1.807) is 6.07 Å². The lowest BCUT2D eigenvalue weighted by Gasteiger charge is -2.17. The van der Waals surface area contributed by atoms with Gasteiger partial charge in [-0.1, -0.05) is 12.1 Å². The maximum Gasteiger partial charge on any atom is 0.254 e. The van der Waals surface area contributed by atoms with E-state index in [0.29, 0.717) is 6.07 Å². The van der Waals surface area contributed by atoms with Crippen molar-refractivity contribution in [2.75, 3.05) is 13.7 Å². The number of imidazole rings is 1. The van der Waals surface area contributed by atoms with Gasteiger partial charge in [-0.05, 0) is 43.2 Å². The number of fused-ring (bicyclic) bond motifs is 1. The number of pyridine rings is 1. The Bertz CT molecular complexity index is 1800. The minimum Gasteiger partial charge on any atom is -0.486 e. The number of halogens is 3. The van der Waals surface area contributed by atoms with Crippen LogP contribution in [0.2, 0.25) is 0 Å². The number of aromatic nitrogens is 3. The van der Waals surface area contributed by atoms with Crippen LogP contribution in [-0.4, -0.2) is 51.9 Å². The first-order chi connectivity index (χ1) is 21.5. The lowest BCUT2D eigenvalue weighted by molar-refractivity contribution is -0.130. The van der Waals surface area contributed by atoms with Crippen LogP contribution in [0.1, 0.15) is 29.8 Å². The molecule has 4 aromatic rings. The summed E-state index contributed by atoms with van der Waals surface area (Å²) in [7, 11) is 1.33. The normalized spacial score (nSPS) is 12.0. The Balaban J connectivity index is 1.51. The number of aromatic amines is 1. The smallest absolute Gasteiger partial charge is 0.254 e. The van der Waals surface area contributed by atoms with Gasteiger partial charge in [0.25, 0.3) is 5.56 Å². The summed E-state index contributed by atoms with van der Waals surface area (Å²) in [6.07, 6.45) is 4.26. The molecular weight excluding hydrogens is 595 g/mol. The van der Waals surface area contributed by atoms with Crippen LogP contribution in [0.3, 0.4) is 0 Å². The monoisotopic (exact) mass is 625 g/mol. The number of nitrogens with two attached hydrogens (primary N) is 1. The lowest BCUT2D eigenvalue weighted by Crippen LogP contribution is -2.43. The third-order valence-corrected chi connectivity index (χ3v) is 6.65. The van der Waals surface area contributed by atoms with E-state index in [-0.39, 0.29) is 72.8 Å². The average molecular weight is 626 g/mol. The van der Waals surface area contributed by atoms with Crippen molar-refractivity contribution >= 4 is 28.6 Å². The number of hydrogen-bond donors (Lipinski definition) is 3. The molecule has 2 amide bonds. The summed E-state index contributed by atoms with van der Waals surface area (Å²) < 4.78 is 53.4. The summed E-state index contributed by atoms with van der Waals surface area (Å²) in [5, 5.41) is 2.58. The van der Waals surface area contributed by atoms with Crippen LogP contribution in [0.15, 0.2) is 65.6 Å². The Labute approximate surface area is 254 Å². The highest BCUT2D eigenvalue weighted by atomic mass is 19.1. The highest BCUT2D eigenvalue weighted by Crippen LogP contribution is 2.27. The standard InChI is InChI=1S/C31H30F3N5O6/c1-44-17-29(42)37-23(6-2-3-7-27(35)41)25(40)11-18-5-4-10-39(31(18)43)15-28-36-24-13-21(33)14-26(30(24)38-28)45-16-19-8-9-20(32)12-22(19)34/h3-5,7-10,12-14,23H,2,6,11,15-17H2,1H3,(H2,35,41)(H,36,38)(H,37,42)/b7-3+/t23-/m0/s1. The molecule has 0 saturated heterocycles. The molecule has 0 radical (unpaired) electrons. The van der Waals surface area contributed by atoms with Crippen molar-refractivity contribution in [3.8, 4) is 5.75 Å². The Kier molecular flexibility index (Phi) is 10.9. The molecule has 4 N–H and O–H groups in total. The van der Waals surface area contributed by atoms with E-state index in [4.69, 9.17) is 15.2 Å². The third kappa shape index (κ3) is 8.89. The van der Waals surface area contributed by atoms with E-state index in [1.807, 2.05) is 0 Å². The summed E-state index contributed by atoms with van der Waals surface area (Å²) in [5.74, 6) is -3.53. The minimum absolute atomic E-state index is 0.00940. The Morgan fingerprint density at radius 1 is 1.11 bits per heavy atom. The van der Waals surface area contributed by atoms with E-state index >= 15 is 0 Å². The number of nitrogens with one attached hydrogen (secondary N) is 2. The van der Waals surface area contributed by atoms with Crippen molar-refractivity contribution < 1.29 is 37.0 Å². The Morgan fingerprint density at radius 2 is 1.91 bits per heavy atom. The van der Waals surface area contributed by atoms with Crippen LogP contribution < -0.4 is 21.3 Å². The van der Waals surface area contributed by atoms with Crippen molar-refractivity contribution in [3.05, 3.63) is 106 Å². The zero-order valence-corrected chi connectivity index (χ0v) is 24.1. The zero-order valence-electron chi connectivity index (χ0n) is 24.1. The lowest BCUT2D eigenvalue weighted by atomic mass is 10.0. The van der Waals surface area contributed by atoms with Gasteiger partial charge < -0.3 is 30.1 Å². The first kappa shape index (κ1) is 32.7. The minimum atomic E-state index is -0.953. The molecule has 14 heteroatoms. The predicted molar refractivity (Wildman–Crippen MR) is 157 cm³/mol. The number of benzene rings is 2. The maximum absolute atomic E-state index is 14.4. The van der Waals surface area contributed by atoms with Gasteiger partial charge in [-0.25, -0.2) is 18.2 Å². The molecule has 0 aliphatic rings. The van der Waals surface area contributed by atoms with E-state index in [9.17, 15) is 32.3 Å². The summed E-state index contributed by atoms with van der Waals surface area (Å²) in [6.45, 7) is -0.651. The second kappa shape index (κ2) is 15.0. The van der Waals surface area contributed by atoms with Crippen molar-refractivity contribution in [1.82, 2.24) is 19.9 Å². The van der Waals surface area contributed by atoms with Crippen molar-refractivity contribution in [2.24, 2.45) is 5.73 Å². The number of hydrogen-bond acceptors (Lipinski definition) is 7. The number of ether oxygens (including phenoxy) is 2. The van der Waals surface area contributed by atoms with Crippen LogP contribution in [0, 0.1) is 17.5 Å². The van der Waals surface area contributed by atoms with Gasteiger partial charge in [-0.15, -0.1) is 0 Å². The van der Waals surface area contributed by atoms with Crippen LogP contribution >= 0.6 is 0 Å². The van der Waals surface area contributed by atoms with Gasteiger partial charge in [0, 0.05) is 43.0 Å². The highest BCUT2D eigenvalue weighted by Gasteiger charge is 2.22. The van der Waals surface area contributed by atoms with Crippen molar-refractivity contribution in [2.45, 2.75) is 38.5 Å². The molecule has 0 saturated carbocycles. The third-order valence-electron chi connectivity index (χ3n) is 6.65. The average Bonchev–Trinajstić information content (AvgIpc) is 3.38. The van der Waals surface area contributed by atoms with E-state index in [2.05, 4.69) is 15.3 Å². The quantitative estimate of drug-likeness (QED) is 0.171. The fraction of sp³-hybridized carbons (Fsp3) is 0.258. The Morgan fingerprint density at radius 3 is 2.64 bits per heavy atom. The van der Waals surface area contributed by atoms with Crippen LogP contribution in [0.5, 0.6) is 5.75 Å². The van der Waals surface area contributed by atoms with E-state index in [0.717, 1.165) is 18.2 Å². The number of carbonyl (C=O) groups excluding carboxylic acids is 3. The molecule has 0 bridgehead atoms. The largest absolute Gasteiger partial charge is 0.486 e. The molecule has 2 aromatic heterocycles. The number of nitrogens with zero attached hydrogens (tertiary/aromatic N) is 2. The predicted octanol–water partition coefficient (Wildman–Crippen LogP) is 2.83. The van der Waals surface area contributed by atoms with Gasteiger partial charge >= 0.3 is 0 Å². The molecule has 11 nitrogen and oxygen atoms in total. The number of primary amides is 1. The van der Waals surface area contributed by atoms with Crippen LogP contribution in [0.4, 0.5) is 13.2 Å². The SMILES string of the molecule is COCC(=O)N[C@@H](CC/C=C/C(N)=O)C(=O)Cc1cccn(Cc2nc3c(OCc4ccc(F)cc4F)cc(F)cc3[nH]2)c1=O. The molecule has 4 rings (SSSR count). The molecule has 1 atom stereocenters. The van der Waals surface area contributed by atoms with Gasteiger partial charge in [0.05, 0.1) is 18.1 Å². The summed E-state index contributed by atoms with van der Waals surface area (Å²) in [4.78, 5) is 56.9. The first-order valence-electron chi connectivity index (χ1n) is 13.7.